The van der Waals surface area contributed by atoms with E-state index in [-0.39, 0.29) is 5.91 Å². The summed E-state index contributed by atoms with van der Waals surface area (Å²) in [5, 5.41) is 11.3. The third-order valence-electron chi connectivity index (χ3n) is 2.87. The number of halogens is 2. The van der Waals surface area contributed by atoms with Crippen LogP contribution in [0.5, 0.6) is 0 Å². The number of amides is 1. The van der Waals surface area contributed by atoms with E-state index < -0.39 is 0 Å². The highest BCUT2D eigenvalue weighted by molar-refractivity contribution is 9.10. The fourth-order valence-corrected chi connectivity index (χ4v) is 2.73. The molecule has 0 atom stereocenters. The first kappa shape index (κ1) is 15.2. The van der Waals surface area contributed by atoms with Crippen LogP contribution in [-0.2, 0) is 19.6 Å². The molecule has 1 N–H and O–H groups in total. The third-order valence-corrected chi connectivity index (χ3v) is 4.11. The molecule has 0 radical (unpaired) electrons. The van der Waals surface area contributed by atoms with Crippen molar-refractivity contribution in [2.24, 2.45) is 0 Å². The zero-order valence-corrected chi connectivity index (χ0v) is 14.4. The molecule has 2 aromatic rings. The molecular weight excluding hydrogens is 390 g/mol. The van der Waals surface area contributed by atoms with Gasteiger partial charge >= 0.3 is 0 Å². The summed E-state index contributed by atoms with van der Waals surface area (Å²) in [6.45, 7) is 5.85. The van der Waals surface area contributed by atoms with E-state index in [0.29, 0.717) is 16.7 Å². The van der Waals surface area contributed by atoms with Crippen LogP contribution in [0.4, 0.5) is 0 Å². The summed E-state index contributed by atoms with van der Waals surface area (Å²) in [4.78, 5) is 12.1. The molecule has 0 aromatic carbocycles. The van der Waals surface area contributed by atoms with Crippen LogP contribution >= 0.6 is 31.9 Å². The summed E-state index contributed by atoms with van der Waals surface area (Å²) >= 11 is 6.78. The fraction of sp³-hybridized carbons (Fsp3) is 0.417. The molecule has 0 aliphatic rings. The second-order valence-corrected chi connectivity index (χ2v) is 5.83. The fourth-order valence-electron chi connectivity index (χ4n) is 1.80. The van der Waals surface area contributed by atoms with Crippen molar-refractivity contribution in [2.75, 3.05) is 0 Å². The molecule has 2 rings (SSSR count). The van der Waals surface area contributed by atoms with Crippen molar-refractivity contribution in [3.8, 4) is 0 Å². The number of carbonyl (C=O) groups is 1. The van der Waals surface area contributed by atoms with Crippen LogP contribution in [0, 0.1) is 0 Å². The Labute approximate surface area is 133 Å². The second kappa shape index (κ2) is 6.53. The van der Waals surface area contributed by atoms with Crippen LogP contribution in [-0.4, -0.2) is 25.5 Å². The number of rotatable bonds is 5. The van der Waals surface area contributed by atoms with Gasteiger partial charge in [-0.2, -0.15) is 10.2 Å². The largest absolute Gasteiger partial charge is 0.345 e. The molecule has 108 valence electrons. The van der Waals surface area contributed by atoms with Gasteiger partial charge in [-0.1, -0.05) is 0 Å². The number of aromatic nitrogens is 4. The Hall–Kier alpha value is -1.15. The summed E-state index contributed by atoms with van der Waals surface area (Å²) in [6.07, 6.45) is 3.52. The Morgan fingerprint density at radius 1 is 1.30 bits per heavy atom. The van der Waals surface area contributed by atoms with E-state index in [2.05, 4.69) is 47.4 Å². The van der Waals surface area contributed by atoms with E-state index in [4.69, 9.17) is 0 Å². The van der Waals surface area contributed by atoms with Crippen molar-refractivity contribution < 1.29 is 4.79 Å². The predicted molar refractivity (Wildman–Crippen MR) is 82.4 cm³/mol. The minimum Gasteiger partial charge on any atom is -0.345 e. The predicted octanol–water partition coefficient (Wildman–Crippen LogP) is 2.57. The van der Waals surface area contributed by atoms with Crippen LogP contribution in [0.2, 0.25) is 0 Å². The van der Waals surface area contributed by atoms with E-state index >= 15 is 0 Å². The SMILES string of the molecule is CCn1cc(Br)c(C(=O)NCc2c(Br)cnn2CC)n1. The monoisotopic (exact) mass is 403 g/mol. The van der Waals surface area contributed by atoms with Crippen LogP contribution in [0.25, 0.3) is 0 Å². The zero-order chi connectivity index (χ0) is 14.7. The number of aryl methyl sites for hydroxylation is 2. The Kier molecular flexibility index (Phi) is 4.98. The van der Waals surface area contributed by atoms with E-state index in [9.17, 15) is 4.79 Å². The molecule has 0 aliphatic carbocycles. The minimum absolute atomic E-state index is 0.208. The third kappa shape index (κ3) is 3.12. The van der Waals surface area contributed by atoms with Gasteiger partial charge in [0.1, 0.15) is 0 Å². The summed E-state index contributed by atoms with van der Waals surface area (Å²) in [5.74, 6) is -0.208. The molecule has 2 heterocycles. The Balaban J connectivity index is 2.08. The number of hydrogen-bond acceptors (Lipinski definition) is 3. The highest BCUT2D eigenvalue weighted by Crippen LogP contribution is 2.17. The van der Waals surface area contributed by atoms with Gasteiger partial charge in [0, 0.05) is 19.3 Å². The molecule has 6 nitrogen and oxygen atoms in total. The van der Waals surface area contributed by atoms with Crippen LogP contribution in [0.15, 0.2) is 21.3 Å². The molecule has 8 heteroatoms. The maximum absolute atomic E-state index is 12.1. The molecule has 0 saturated carbocycles. The number of hydrogen-bond donors (Lipinski definition) is 1. The van der Waals surface area contributed by atoms with E-state index in [1.165, 1.54) is 0 Å². The van der Waals surface area contributed by atoms with Gasteiger partial charge in [-0.25, -0.2) is 0 Å². The minimum atomic E-state index is -0.208. The van der Waals surface area contributed by atoms with Gasteiger partial charge in [0.05, 0.1) is 27.4 Å². The molecule has 0 aliphatic heterocycles. The van der Waals surface area contributed by atoms with Crippen molar-refractivity contribution in [3.63, 3.8) is 0 Å². The smallest absolute Gasteiger partial charge is 0.273 e. The van der Waals surface area contributed by atoms with E-state index in [1.54, 1.807) is 17.1 Å². The van der Waals surface area contributed by atoms with Crippen LogP contribution in [0.3, 0.4) is 0 Å². The van der Waals surface area contributed by atoms with Gasteiger partial charge in [0.25, 0.3) is 5.91 Å². The summed E-state index contributed by atoms with van der Waals surface area (Å²) < 4.78 is 5.13. The van der Waals surface area contributed by atoms with Crippen molar-refractivity contribution >= 4 is 37.8 Å². The lowest BCUT2D eigenvalue weighted by atomic mass is 10.3. The average Bonchev–Trinajstić information content (AvgIpc) is 2.99. The molecule has 0 saturated heterocycles. The van der Waals surface area contributed by atoms with Gasteiger partial charge in [0.2, 0.25) is 0 Å². The van der Waals surface area contributed by atoms with Crippen molar-refractivity contribution in [2.45, 2.75) is 33.5 Å². The summed E-state index contributed by atoms with van der Waals surface area (Å²) in [7, 11) is 0. The molecule has 0 spiro atoms. The topological polar surface area (TPSA) is 64.7 Å². The Morgan fingerprint density at radius 3 is 2.65 bits per heavy atom. The molecule has 20 heavy (non-hydrogen) atoms. The van der Waals surface area contributed by atoms with Crippen LogP contribution < -0.4 is 5.32 Å². The molecule has 0 unspecified atom stereocenters. The van der Waals surface area contributed by atoms with Gasteiger partial charge in [-0.3, -0.25) is 14.2 Å². The number of nitrogens with zero attached hydrogens (tertiary/aromatic N) is 4. The quantitative estimate of drug-likeness (QED) is 0.832. The van der Waals surface area contributed by atoms with Crippen molar-refractivity contribution in [3.05, 3.63) is 32.7 Å². The summed E-state index contributed by atoms with van der Waals surface area (Å²) in [6, 6.07) is 0. The lowest BCUT2D eigenvalue weighted by Gasteiger charge is -2.07. The number of carbonyl (C=O) groups excluding carboxylic acids is 1. The standard InChI is InChI=1S/C12H15Br2N5O/c1-3-18-7-9(14)11(17-18)12(20)15-6-10-8(13)5-16-19(10)4-2/h5,7H,3-4,6H2,1-2H3,(H,15,20). The normalized spacial score (nSPS) is 10.8. The maximum atomic E-state index is 12.1. The Morgan fingerprint density at radius 2 is 2.05 bits per heavy atom. The first-order valence-corrected chi connectivity index (χ1v) is 7.86. The van der Waals surface area contributed by atoms with E-state index in [0.717, 1.165) is 23.3 Å². The van der Waals surface area contributed by atoms with Crippen LogP contribution in [0.1, 0.15) is 30.0 Å². The molecule has 0 fully saturated rings. The first-order valence-electron chi connectivity index (χ1n) is 6.28. The van der Waals surface area contributed by atoms with Crippen molar-refractivity contribution in [1.29, 1.82) is 0 Å². The van der Waals surface area contributed by atoms with Gasteiger partial charge < -0.3 is 5.32 Å². The van der Waals surface area contributed by atoms with Gasteiger partial charge in [-0.15, -0.1) is 0 Å². The lowest BCUT2D eigenvalue weighted by molar-refractivity contribution is 0.0943. The maximum Gasteiger partial charge on any atom is 0.273 e. The van der Waals surface area contributed by atoms with Gasteiger partial charge in [-0.05, 0) is 45.7 Å². The molecule has 2 aromatic heterocycles. The lowest BCUT2D eigenvalue weighted by Crippen LogP contribution is -2.25. The molecular formula is C12H15Br2N5O. The van der Waals surface area contributed by atoms with E-state index in [1.807, 2.05) is 18.5 Å². The summed E-state index contributed by atoms with van der Waals surface area (Å²) in [5.41, 5.74) is 1.33. The Bertz CT molecular complexity index is 619. The van der Waals surface area contributed by atoms with Gasteiger partial charge in [0.15, 0.2) is 5.69 Å². The number of nitrogens with one attached hydrogen (secondary N) is 1. The highest BCUT2D eigenvalue weighted by atomic mass is 79.9. The highest BCUT2D eigenvalue weighted by Gasteiger charge is 2.16. The molecule has 1 amide bonds. The average molecular weight is 405 g/mol. The molecule has 0 bridgehead atoms. The first-order chi connectivity index (χ1) is 9.56. The van der Waals surface area contributed by atoms with Crippen molar-refractivity contribution in [1.82, 2.24) is 24.9 Å². The zero-order valence-electron chi connectivity index (χ0n) is 11.2. The second-order valence-electron chi connectivity index (χ2n) is 4.12.